The average Bonchev–Trinajstić information content (AvgIpc) is 2.53. The van der Waals surface area contributed by atoms with E-state index in [9.17, 15) is 18.4 Å². The fourth-order valence-electron chi connectivity index (χ4n) is 3.05. The van der Waals surface area contributed by atoms with Crippen molar-refractivity contribution >= 4 is 15.9 Å². The molecule has 0 amide bonds. The first kappa shape index (κ1) is 17.3. The van der Waals surface area contributed by atoms with Gasteiger partial charge >= 0.3 is 6.18 Å². The highest BCUT2D eigenvalue weighted by molar-refractivity contribution is 9.08. The minimum absolute atomic E-state index is 0.173. The lowest BCUT2D eigenvalue weighted by Gasteiger charge is -2.34. The van der Waals surface area contributed by atoms with Gasteiger partial charge in [0.15, 0.2) is 5.60 Å². The zero-order valence-electron chi connectivity index (χ0n) is 12.2. The number of nitriles is 1. The van der Waals surface area contributed by atoms with Crippen molar-refractivity contribution < 1.29 is 17.9 Å². The molecule has 1 fully saturated rings. The van der Waals surface area contributed by atoms with Crippen molar-refractivity contribution in [1.82, 2.24) is 0 Å². The summed E-state index contributed by atoms with van der Waals surface area (Å²) in [6.07, 6.45) is -1.63. The van der Waals surface area contributed by atoms with Gasteiger partial charge in [-0.25, -0.2) is 0 Å². The molecule has 120 valence electrons. The number of rotatable bonds is 3. The standard InChI is InChI=1S/C16H17BrF3NO/c1-22-15(10-21)6-4-11(5-7-15)14-3-2-13(16(18,19)20)8-12(14)9-17/h2-3,8,11H,4-7,9H2,1H3. The summed E-state index contributed by atoms with van der Waals surface area (Å²) in [4.78, 5) is 0. The van der Waals surface area contributed by atoms with Crippen molar-refractivity contribution in [2.24, 2.45) is 0 Å². The van der Waals surface area contributed by atoms with Crippen LogP contribution >= 0.6 is 15.9 Å². The van der Waals surface area contributed by atoms with Crippen LogP contribution in [0, 0.1) is 11.3 Å². The second-order valence-corrected chi connectivity index (χ2v) is 6.19. The molecule has 2 nitrogen and oxygen atoms in total. The van der Waals surface area contributed by atoms with Gasteiger partial charge in [-0.2, -0.15) is 18.4 Å². The van der Waals surface area contributed by atoms with Gasteiger partial charge < -0.3 is 4.74 Å². The molecule has 6 heteroatoms. The van der Waals surface area contributed by atoms with Gasteiger partial charge in [-0.05, 0) is 54.9 Å². The zero-order valence-corrected chi connectivity index (χ0v) is 13.8. The van der Waals surface area contributed by atoms with Crippen molar-refractivity contribution in [3.05, 3.63) is 34.9 Å². The fraction of sp³-hybridized carbons (Fsp3) is 0.562. The van der Waals surface area contributed by atoms with E-state index in [0.29, 0.717) is 23.7 Å². The van der Waals surface area contributed by atoms with E-state index < -0.39 is 17.3 Å². The zero-order chi connectivity index (χ0) is 16.4. The first-order chi connectivity index (χ1) is 10.3. The summed E-state index contributed by atoms with van der Waals surface area (Å²) in [6, 6.07) is 6.15. The molecule has 2 rings (SSSR count). The highest BCUT2D eigenvalue weighted by atomic mass is 79.9. The van der Waals surface area contributed by atoms with Crippen LogP contribution in [0.25, 0.3) is 0 Å². The van der Waals surface area contributed by atoms with Crippen LogP contribution in [0.2, 0.25) is 0 Å². The largest absolute Gasteiger partial charge is 0.416 e. The molecule has 1 aromatic carbocycles. The molecule has 0 aliphatic heterocycles. The third-order valence-electron chi connectivity index (χ3n) is 4.44. The van der Waals surface area contributed by atoms with Crippen LogP contribution in [0.1, 0.15) is 48.3 Å². The van der Waals surface area contributed by atoms with Crippen molar-refractivity contribution in [3.63, 3.8) is 0 Å². The molecule has 0 aromatic heterocycles. The molecule has 0 heterocycles. The molecule has 0 bridgehead atoms. The molecule has 1 aliphatic carbocycles. The summed E-state index contributed by atoms with van der Waals surface area (Å²) in [5.74, 6) is 0.173. The number of hydrogen-bond acceptors (Lipinski definition) is 2. The number of methoxy groups -OCH3 is 1. The van der Waals surface area contributed by atoms with E-state index in [2.05, 4.69) is 22.0 Å². The molecule has 0 spiro atoms. The van der Waals surface area contributed by atoms with Crippen LogP contribution in [-0.4, -0.2) is 12.7 Å². The third-order valence-corrected chi connectivity index (χ3v) is 5.05. The van der Waals surface area contributed by atoms with Gasteiger partial charge in [0.1, 0.15) is 0 Å². The molecule has 1 saturated carbocycles. The maximum Gasteiger partial charge on any atom is 0.416 e. The minimum Gasteiger partial charge on any atom is -0.363 e. The van der Waals surface area contributed by atoms with Gasteiger partial charge in [-0.15, -0.1) is 0 Å². The van der Waals surface area contributed by atoms with Crippen LogP contribution in [0.4, 0.5) is 13.2 Å². The van der Waals surface area contributed by atoms with Crippen molar-refractivity contribution in [1.29, 1.82) is 5.26 Å². The van der Waals surface area contributed by atoms with E-state index in [-0.39, 0.29) is 5.92 Å². The van der Waals surface area contributed by atoms with Gasteiger partial charge in [0.2, 0.25) is 0 Å². The lowest BCUT2D eigenvalue weighted by Crippen LogP contribution is -2.34. The molecular weight excluding hydrogens is 359 g/mol. The summed E-state index contributed by atoms with van der Waals surface area (Å²) < 4.78 is 43.7. The van der Waals surface area contributed by atoms with Crippen LogP contribution in [0.3, 0.4) is 0 Å². The van der Waals surface area contributed by atoms with Crippen LogP contribution in [-0.2, 0) is 16.2 Å². The van der Waals surface area contributed by atoms with Crippen molar-refractivity contribution in [2.45, 2.75) is 48.7 Å². The predicted octanol–water partition coefficient (Wildman–Crippen LogP) is 5.17. The molecule has 0 N–H and O–H groups in total. The Morgan fingerprint density at radius 1 is 1.36 bits per heavy atom. The second kappa shape index (κ2) is 6.59. The Hall–Kier alpha value is -1.06. The lowest BCUT2D eigenvalue weighted by molar-refractivity contribution is -0.137. The maximum atomic E-state index is 12.8. The Morgan fingerprint density at radius 2 is 2.00 bits per heavy atom. The average molecular weight is 376 g/mol. The van der Waals surface area contributed by atoms with Crippen LogP contribution in [0.15, 0.2) is 18.2 Å². The summed E-state index contributed by atoms with van der Waals surface area (Å²) in [5, 5.41) is 9.60. The maximum absolute atomic E-state index is 12.8. The van der Waals surface area contributed by atoms with Gasteiger partial charge in [-0.3, -0.25) is 0 Å². The van der Waals surface area contributed by atoms with Gasteiger partial charge in [0.25, 0.3) is 0 Å². The number of hydrogen-bond donors (Lipinski definition) is 0. The first-order valence-electron chi connectivity index (χ1n) is 7.07. The van der Waals surface area contributed by atoms with E-state index in [1.54, 1.807) is 6.07 Å². The van der Waals surface area contributed by atoms with Gasteiger partial charge in [0, 0.05) is 12.4 Å². The summed E-state index contributed by atoms with van der Waals surface area (Å²) in [6.45, 7) is 0. The summed E-state index contributed by atoms with van der Waals surface area (Å²) >= 11 is 3.28. The molecule has 1 aromatic rings. The van der Waals surface area contributed by atoms with Gasteiger partial charge in [-0.1, -0.05) is 22.0 Å². The van der Waals surface area contributed by atoms with Crippen molar-refractivity contribution in [2.75, 3.05) is 7.11 Å². The molecule has 1 aliphatic rings. The van der Waals surface area contributed by atoms with Gasteiger partial charge in [0.05, 0.1) is 11.6 Å². The number of nitrogens with zero attached hydrogens (tertiary/aromatic N) is 1. The second-order valence-electron chi connectivity index (χ2n) is 5.63. The number of benzene rings is 1. The van der Waals surface area contributed by atoms with E-state index in [0.717, 1.165) is 24.5 Å². The SMILES string of the molecule is COC1(C#N)CCC(c2ccc(C(F)(F)F)cc2CBr)CC1. The van der Waals surface area contributed by atoms with Crippen molar-refractivity contribution in [3.8, 4) is 6.07 Å². The Labute approximate surface area is 136 Å². The highest BCUT2D eigenvalue weighted by Gasteiger charge is 2.37. The monoisotopic (exact) mass is 375 g/mol. The number of alkyl halides is 4. The summed E-state index contributed by atoms with van der Waals surface area (Å²) in [5.41, 5.74) is 0.246. The normalized spacial score (nSPS) is 25.7. The van der Waals surface area contributed by atoms with E-state index in [1.807, 2.05) is 0 Å². The smallest absolute Gasteiger partial charge is 0.363 e. The predicted molar refractivity (Wildman–Crippen MR) is 80.6 cm³/mol. The third kappa shape index (κ3) is 3.47. The van der Waals surface area contributed by atoms with E-state index in [1.165, 1.54) is 13.2 Å². The Kier molecular flexibility index (Phi) is 5.18. The molecule has 0 atom stereocenters. The molecule has 22 heavy (non-hydrogen) atoms. The van der Waals surface area contributed by atoms with Crippen LogP contribution < -0.4 is 0 Å². The molecule has 0 radical (unpaired) electrons. The minimum atomic E-state index is -4.33. The Bertz CT molecular complexity index is 572. The highest BCUT2D eigenvalue weighted by Crippen LogP contribution is 2.42. The topological polar surface area (TPSA) is 33.0 Å². The summed E-state index contributed by atoms with van der Waals surface area (Å²) in [7, 11) is 1.53. The Morgan fingerprint density at radius 3 is 2.45 bits per heavy atom. The first-order valence-corrected chi connectivity index (χ1v) is 8.20. The quantitative estimate of drug-likeness (QED) is 0.683. The molecule has 0 saturated heterocycles. The van der Waals surface area contributed by atoms with Crippen LogP contribution in [0.5, 0.6) is 0 Å². The number of ether oxygens (including phenoxy) is 1. The van der Waals surface area contributed by atoms with E-state index >= 15 is 0 Å². The molecular formula is C16H17BrF3NO. The van der Waals surface area contributed by atoms with E-state index in [4.69, 9.17) is 4.74 Å². The Balaban J connectivity index is 2.22. The lowest BCUT2D eigenvalue weighted by atomic mass is 9.75. The fourth-order valence-corrected chi connectivity index (χ4v) is 3.54. The number of halogens is 4. The molecule has 0 unspecified atom stereocenters.